The molecule has 1 rings (SSSR count). The highest BCUT2D eigenvalue weighted by Crippen LogP contribution is 2.22. The number of hydrogen-bond acceptors (Lipinski definition) is 3. The van der Waals surface area contributed by atoms with Crippen LogP contribution in [0.25, 0.3) is 0 Å². The Labute approximate surface area is 88.9 Å². The lowest BCUT2D eigenvalue weighted by atomic mass is 10.2. The van der Waals surface area contributed by atoms with E-state index in [-0.39, 0.29) is 0 Å². The van der Waals surface area contributed by atoms with Gasteiger partial charge in [0.05, 0.1) is 5.03 Å². The average molecular weight is 235 g/mol. The van der Waals surface area contributed by atoms with Gasteiger partial charge in [0.1, 0.15) is 0 Å². The second-order valence-corrected chi connectivity index (χ2v) is 3.93. The van der Waals surface area contributed by atoms with E-state index in [0.717, 1.165) is 18.0 Å². The van der Waals surface area contributed by atoms with E-state index in [1.165, 1.54) is 17.8 Å². The van der Waals surface area contributed by atoms with Crippen LogP contribution in [0.5, 0.6) is 0 Å². The number of hydrogen-bond donors (Lipinski definition) is 0. The van der Waals surface area contributed by atoms with Gasteiger partial charge in [0, 0.05) is 11.8 Å². The van der Waals surface area contributed by atoms with Gasteiger partial charge in [0.25, 0.3) is 5.78 Å². The molecular weight excluding hydrogens is 227 g/mol. The maximum Gasteiger partial charge on any atom is 0.454 e. The summed E-state index contributed by atoms with van der Waals surface area (Å²) in [4.78, 5) is 14.5. The Kier molecular flexibility index (Phi) is 3.73. The number of pyridine rings is 1. The van der Waals surface area contributed by atoms with Crippen molar-refractivity contribution >= 4 is 17.5 Å². The Morgan fingerprint density at radius 1 is 1.47 bits per heavy atom. The predicted octanol–water partition coefficient (Wildman–Crippen LogP) is 2.94. The molecule has 0 N–H and O–H groups in total. The van der Waals surface area contributed by atoms with Crippen molar-refractivity contribution in [2.24, 2.45) is 0 Å². The molecule has 6 heteroatoms. The Morgan fingerprint density at radius 2 is 2.13 bits per heavy atom. The van der Waals surface area contributed by atoms with E-state index in [4.69, 9.17) is 0 Å². The fourth-order valence-corrected chi connectivity index (χ4v) is 1.50. The molecule has 0 fully saturated rings. The number of halogens is 3. The van der Waals surface area contributed by atoms with Crippen molar-refractivity contribution in [1.82, 2.24) is 4.98 Å². The summed E-state index contributed by atoms with van der Waals surface area (Å²) >= 11 is 1.40. The summed E-state index contributed by atoms with van der Waals surface area (Å²) in [6.45, 7) is 1.90. The lowest BCUT2D eigenvalue weighted by Gasteiger charge is -2.04. The number of rotatable bonds is 3. The van der Waals surface area contributed by atoms with Gasteiger partial charge in [-0.25, -0.2) is 4.98 Å². The van der Waals surface area contributed by atoms with E-state index in [0.29, 0.717) is 5.03 Å². The van der Waals surface area contributed by atoms with Crippen LogP contribution in [0.15, 0.2) is 23.4 Å². The summed E-state index contributed by atoms with van der Waals surface area (Å²) in [5.41, 5.74) is -0.428. The van der Waals surface area contributed by atoms with Crippen LogP contribution in [-0.2, 0) is 0 Å². The van der Waals surface area contributed by atoms with Gasteiger partial charge in [-0.05, 0) is 17.9 Å². The molecular formula is C9H8F3NOS. The molecule has 0 bridgehead atoms. The summed E-state index contributed by atoms with van der Waals surface area (Å²) in [6.07, 6.45) is -3.88. The molecule has 0 saturated heterocycles. The molecule has 0 amide bonds. The maximum atomic E-state index is 12.0. The topological polar surface area (TPSA) is 30.0 Å². The monoisotopic (exact) mass is 235 g/mol. The third kappa shape index (κ3) is 3.23. The first-order chi connectivity index (χ1) is 6.95. The molecule has 0 aliphatic carbocycles. The van der Waals surface area contributed by atoms with Gasteiger partial charge in [0.15, 0.2) is 0 Å². The molecule has 0 radical (unpaired) electrons. The minimum absolute atomic E-state index is 0.428. The molecule has 82 valence electrons. The summed E-state index contributed by atoms with van der Waals surface area (Å²) in [5, 5.41) is 0.608. The summed E-state index contributed by atoms with van der Waals surface area (Å²) in [6, 6.07) is 2.55. The van der Waals surface area contributed by atoms with E-state index in [9.17, 15) is 18.0 Å². The molecule has 0 aliphatic heterocycles. The molecule has 0 aromatic carbocycles. The van der Waals surface area contributed by atoms with E-state index in [1.807, 2.05) is 6.92 Å². The second-order valence-electron chi connectivity index (χ2n) is 2.65. The number of ketones is 1. The number of alkyl halides is 3. The highest BCUT2D eigenvalue weighted by Gasteiger charge is 2.39. The Hall–Kier alpha value is -1.04. The number of nitrogens with zero attached hydrogens (tertiary/aromatic N) is 1. The van der Waals surface area contributed by atoms with Crippen molar-refractivity contribution in [1.29, 1.82) is 0 Å². The minimum Gasteiger partial charge on any atom is -0.284 e. The number of carbonyl (C=O) groups excluding carboxylic acids is 1. The van der Waals surface area contributed by atoms with Gasteiger partial charge in [-0.3, -0.25) is 4.79 Å². The molecule has 1 heterocycles. The van der Waals surface area contributed by atoms with Crippen LogP contribution in [-0.4, -0.2) is 22.7 Å². The number of thioether (sulfide) groups is 1. The first-order valence-corrected chi connectivity index (χ1v) is 5.14. The second kappa shape index (κ2) is 4.65. The molecule has 0 saturated carbocycles. The first kappa shape index (κ1) is 12.0. The summed E-state index contributed by atoms with van der Waals surface area (Å²) in [5.74, 6) is -1.08. The number of carbonyl (C=O) groups is 1. The van der Waals surface area contributed by atoms with Crippen molar-refractivity contribution in [2.45, 2.75) is 18.1 Å². The predicted molar refractivity (Wildman–Crippen MR) is 51.0 cm³/mol. The third-order valence-corrected chi connectivity index (χ3v) is 2.37. The van der Waals surface area contributed by atoms with Crippen molar-refractivity contribution in [3.8, 4) is 0 Å². The average Bonchev–Trinajstić information content (AvgIpc) is 2.17. The lowest BCUT2D eigenvalue weighted by molar-refractivity contribution is -0.0885. The maximum absolute atomic E-state index is 12.0. The molecule has 1 aromatic rings. The van der Waals surface area contributed by atoms with Crippen molar-refractivity contribution in [2.75, 3.05) is 5.75 Å². The molecule has 0 atom stereocenters. The van der Waals surface area contributed by atoms with Gasteiger partial charge >= 0.3 is 6.18 Å². The zero-order valence-corrected chi connectivity index (χ0v) is 8.65. The van der Waals surface area contributed by atoms with Crippen molar-refractivity contribution in [3.05, 3.63) is 23.9 Å². The van der Waals surface area contributed by atoms with Crippen LogP contribution in [0.1, 0.15) is 17.3 Å². The number of Topliss-reactive ketones (excluding diaryl/α,β-unsaturated/α-hetero) is 1. The van der Waals surface area contributed by atoms with Crippen molar-refractivity contribution in [3.63, 3.8) is 0 Å². The van der Waals surface area contributed by atoms with Crippen molar-refractivity contribution < 1.29 is 18.0 Å². The Morgan fingerprint density at radius 3 is 2.53 bits per heavy atom. The highest BCUT2D eigenvalue weighted by atomic mass is 32.2. The zero-order valence-electron chi connectivity index (χ0n) is 7.84. The fraction of sp³-hybridized carbons (Fsp3) is 0.333. The Bertz CT molecular complexity index is 347. The van der Waals surface area contributed by atoms with E-state index < -0.39 is 17.5 Å². The fourth-order valence-electron chi connectivity index (χ4n) is 0.912. The molecule has 1 aromatic heterocycles. The lowest BCUT2D eigenvalue weighted by Crippen LogP contribution is -2.22. The van der Waals surface area contributed by atoms with Crippen LogP contribution in [0, 0.1) is 0 Å². The standard InChI is InChI=1S/C9H8F3NOS/c1-2-15-7-4-3-6(5-13-7)8(14)9(10,11)12/h3-5H,2H2,1H3. The van der Waals surface area contributed by atoms with Crippen LogP contribution < -0.4 is 0 Å². The largest absolute Gasteiger partial charge is 0.454 e. The zero-order chi connectivity index (χ0) is 11.5. The summed E-state index contributed by atoms with van der Waals surface area (Å²) in [7, 11) is 0. The van der Waals surface area contributed by atoms with E-state index in [1.54, 1.807) is 0 Å². The smallest absolute Gasteiger partial charge is 0.284 e. The Balaban J connectivity index is 2.85. The number of aromatic nitrogens is 1. The quantitative estimate of drug-likeness (QED) is 0.596. The van der Waals surface area contributed by atoms with E-state index in [2.05, 4.69) is 4.98 Å². The van der Waals surface area contributed by atoms with Crippen LogP contribution in [0.2, 0.25) is 0 Å². The third-order valence-electron chi connectivity index (χ3n) is 1.55. The molecule has 15 heavy (non-hydrogen) atoms. The van der Waals surface area contributed by atoms with Crippen LogP contribution in [0.4, 0.5) is 13.2 Å². The molecule has 2 nitrogen and oxygen atoms in total. The van der Waals surface area contributed by atoms with Gasteiger partial charge in [-0.15, -0.1) is 11.8 Å². The SMILES string of the molecule is CCSc1ccc(C(=O)C(F)(F)F)cn1. The molecule has 0 unspecified atom stereocenters. The normalized spacial score (nSPS) is 11.5. The van der Waals surface area contributed by atoms with Gasteiger partial charge in [0.2, 0.25) is 0 Å². The van der Waals surface area contributed by atoms with Gasteiger partial charge < -0.3 is 0 Å². The summed E-state index contributed by atoms with van der Waals surface area (Å²) < 4.78 is 36.0. The van der Waals surface area contributed by atoms with E-state index >= 15 is 0 Å². The highest BCUT2D eigenvalue weighted by molar-refractivity contribution is 7.99. The molecule has 0 spiro atoms. The minimum atomic E-state index is -4.83. The first-order valence-electron chi connectivity index (χ1n) is 4.15. The molecule has 0 aliphatic rings. The van der Waals surface area contributed by atoms with Crippen LogP contribution >= 0.6 is 11.8 Å². The van der Waals surface area contributed by atoms with Gasteiger partial charge in [-0.2, -0.15) is 13.2 Å². The van der Waals surface area contributed by atoms with Gasteiger partial charge in [-0.1, -0.05) is 6.92 Å². The van der Waals surface area contributed by atoms with Crippen LogP contribution in [0.3, 0.4) is 0 Å².